The van der Waals surface area contributed by atoms with Crippen molar-refractivity contribution < 1.29 is 9.53 Å². The predicted octanol–water partition coefficient (Wildman–Crippen LogP) is 2.08. The van der Waals surface area contributed by atoms with Crippen molar-refractivity contribution in [2.45, 2.75) is 0 Å². The molecule has 118 valence electrons. The monoisotopic (exact) mass is 311 g/mol. The highest BCUT2D eigenvalue weighted by Crippen LogP contribution is 2.22. The van der Waals surface area contributed by atoms with Crippen LogP contribution in [-0.2, 0) is 14.1 Å². The summed E-state index contributed by atoms with van der Waals surface area (Å²) in [6.07, 6.45) is 3.55. The maximum Gasteiger partial charge on any atom is 0.260 e. The van der Waals surface area contributed by atoms with Gasteiger partial charge in [0.25, 0.3) is 5.91 Å². The van der Waals surface area contributed by atoms with Crippen molar-refractivity contribution in [3.63, 3.8) is 0 Å². The smallest absolute Gasteiger partial charge is 0.260 e. The molecule has 0 saturated heterocycles. The molecule has 0 aliphatic rings. The fraction of sp³-hybridized carbons (Fsp3) is 0.188. The molecule has 0 atom stereocenters. The van der Waals surface area contributed by atoms with Gasteiger partial charge in [-0.1, -0.05) is 12.1 Å². The molecule has 1 N–H and O–H groups in total. The van der Waals surface area contributed by atoms with Crippen LogP contribution in [0.5, 0.6) is 5.75 Å². The molecule has 0 bridgehead atoms. The number of amides is 1. The van der Waals surface area contributed by atoms with Gasteiger partial charge >= 0.3 is 0 Å². The highest BCUT2D eigenvalue weighted by molar-refractivity contribution is 6.05. The Bertz CT molecular complexity index is 850. The summed E-state index contributed by atoms with van der Waals surface area (Å²) in [6.45, 7) is 0. The van der Waals surface area contributed by atoms with E-state index in [1.807, 2.05) is 23.9 Å². The van der Waals surface area contributed by atoms with Crippen molar-refractivity contribution in [1.82, 2.24) is 19.3 Å². The molecule has 0 aliphatic carbocycles. The lowest BCUT2D eigenvalue weighted by Crippen LogP contribution is -2.15. The van der Waals surface area contributed by atoms with Crippen molar-refractivity contribution in [3.8, 4) is 17.3 Å². The van der Waals surface area contributed by atoms with E-state index in [4.69, 9.17) is 4.74 Å². The predicted molar refractivity (Wildman–Crippen MR) is 86.4 cm³/mol. The minimum Gasteiger partial charge on any atom is -0.496 e. The van der Waals surface area contributed by atoms with E-state index in [0.29, 0.717) is 22.8 Å². The third-order valence-corrected chi connectivity index (χ3v) is 3.52. The van der Waals surface area contributed by atoms with Gasteiger partial charge in [0.1, 0.15) is 17.3 Å². The van der Waals surface area contributed by atoms with Gasteiger partial charge in [0, 0.05) is 32.6 Å². The van der Waals surface area contributed by atoms with Crippen molar-refractivity contribution in [3.05, 3.63) is 48.3 Å². The number of aryl methyl sites for hydroxylation is 2. The molecular weight excluding hydrogens is 294 g/mol. The van der Waals surface area contributed by atoms with Crippen LogP contribution in [0, 0.1) is 0 Å². The third kappa shape index (κ3) is 2.80. The number of methoxy groups -OCH3 is 1. The van der Waals surface area contributed by atoms with Gasteiger partial charge in [-0.3, -0.25) is 9.48 Å². The molecule has 23 heavy (non-hydrogen) atoms. The molecule has 1 amide bonds. The number of carbonyl (C=O) groups excluding carboxylic acids is 1. The second-order valence-electron chi connectivity index (χ2n) is 5.05. The van der Waals surface area contributed by atoms with E-state index in [9.17, 15) is 4.79 Å². The van der Waals surface area contributed by atoms with E-state index in [-0.39, 0.29) is 5.91 Å². The van der Waals surface area contributed by atoms with E-state index in [0.717, 1.165) is 5.82 Å². The summed E-state index contributed by atoms with van der Waals surface area (Å²) < 4.78 is 8.70. The molecule has 1 aromatic carbocycles. The van der Waals surface area contributed by atoms with Crippen LogP contribution in [0.4, 0.5) is 5.82 Å². The summed E-state index contributed by atoms with van der Waals surface area (Å²) in [6, 6.07) is 8.86. The summed E-state index contributed by atoms with van der Waals surface area (Å²) in [7, 11) is 5.20. The summed E-state index contributed by atoms with van der Waals surface area (Å²) in [5, 5.41) is 7.24. The molecule has 0 radical (unpaired) electrons. The second-order valence-corrected chi connectivity index (χ2v) is 5.05. The average molecular weight is 311 g/mol. The van der Waals surface area contributed by atoms with Gasteiger partial charge in [-0.2, -0.15) is 5.10 Å². The van der Waals surface area contributed by atoms with Crippen molar-refractivity contribution >= 4 is 11.7 Å². The first-order valence-electron chi connectivity index (χ1n) is 7.06. The lowest BCUT2D eigenvalue weighted by Gasteiger charge is -2.08. The van der Waals surface area contributed by atoms with Gasteiger partial charge in [-0.25, -0.2) is 4.98 Å². The number of anilines is 1. The van der Waals surface area contributed by atoms with Gasteiger partial charge in [-0.05, 0) is 12.1 Å². The molecule has 2 heterocycles. The molecular formula is C16H17N5O2. The first-order valence-corrected chi connectivity index (χ1v) is 7.06. The van der Waals surface area contributed by atoms with Crippen LogP contribution in [0.2, 0.25) is 0 Å². The molecule has 7 heteroatoms. The third-order valence-electron chi connectivity index (χ3n) is 3.52. The molecule has 0 fully saturated rings. The summed E-state index contributed by atoms with van der Waals surface area (Å²) in [5.41, 5.74) is 1.16. The number of nitrogens with one attached hydrogen (secondary N) is 1. The Morgan fingerprint density at radius 1 is 1.26 bits per heavy atom. The quantitative estimate of drug-likeness (QED) is 0.800. The van der Waals surface area contributed by atoms with Crippen LogP contribution in [0.1, 0.15) is 10.4 Å². The first-order chi connectivity index (χ1) is 11.1. The molecule has 0 spiro atoms. The van der Waals surface area contributed by atoms with Crippen LogP contribution >= 0.6 is 0 Å². The van der Waals surface area contributed by atoms with Crippen molar-refractivity contribution in [2.75, 3.05) is 12.4 Å². The number of ether oxygens (including phenoxy) is 1. The van der Waals surface area contributed by atoms with E-state index >= 15 is 0 Å². The van der Waals surface area contributed by atoms with Gasteiger partial charge in [0.15, 0.2) is 5.82 Å². The molecule has 0 aliphatic heterocycles. The highest BCUT2D eigenvalue weighted by Gasteiger charge is 2.16. The number of hydrogen-bond donors (Lipinski definition) is 1. The summed E-state index contributed by atoms with van der Waals surface area (Å²) in [4.78, 5) is 16.7. The molecule has 7 nitrogen and oxygen atoms in total. The maximum atomic E-state index is 12.5. The van der Waals surface area contributed by atoms with Crippen LogP contribution < -0.4 is 10.1 Å². The fourth-order valence-corrected chi connectivity index (χ4v) is 2.32. The van der Waals surface area contributed by atoms with E-state index in [1.54, 1.807) is 42.2 Å². The standard InChI is InChI=1S/C16H17N5O2/c1-20-9-8-17-15(20)12-10-14(21(2)19-12)18-16(22)11-6-4-5-7-13(11)23-3/h4-10H,1-3H3,(H,18,22). The topological polar surface area (TPSA) is 74.0 Å². The normalized spacial score (nSPS) is 10.6. The molecule has 3 aromatic rings. The van der Waals surface area contributed by atoms with Gasteiger partial charge in [-0.15, -0.1) is 0 Å². The Kier molecular flexibility index (Phi) is 3.84. The minimum atomic E-state index is -0.253. The van der Waals surface area contributed by atoms with Crippen LogP contribution in [0.3, 0.4) is 0 Å². The lowest BCUT2D eigenvalue weighted by molar-refractivity contribution is 0.102. The summed E-state index contributed by atoms with van der Waals surface area (Å²) in [5.74, 6) is 1.59. The van der Waals surface area contributed by atoms with Crippen LogP contribution in [0.15, 0.2) is 42.7 Å². The van der Waals surface area contributed by atoms with E-state index in [1.165, 1.54) is 7.11 Å². The number of nitrogens with zero attached hydrogens (tertiary/aromatic N) is 4. The Hall–Kier alpha value is -3.09. The zero-order valence-corrected chi connectivity index (χ0v) is 13.1. The Morgan fingerprint density at radius 3 is 2.74 bits per heavy atom. The Labute approximate surface area is 133 Å². The lowest BCUT2D eigenvalue weighted by atomic mass is 10.2. The van der Waals surface area contributed by atoms with Crippen molar-refractivity contribution in [1.29, 1.82) is 0 Å². The number of hydrogen-bond acceptors (Lipinski definition) is 4. The Balaban J connectivity index is 1.87. The molecule has 3 rings (SSSR count). The zero-order valence-electron chi connectivity index (χ0n) is 13.1. The SMILES string of the molecule is COc1ccccc1C(=O)Nc1cc(-c2nccn2C)nn1C. The maximum absolute atomic E-state index is 12.5. The largest absolute Gasteiger partial charge is 0.496 e. The average Bonchev–Trinajstić information content (AvgIpc) is 3.13. The van der Waals surface area contributed by atoms with E-state index in [2.05, 4.69) is 15.4 Å². The number of aromatic nitrogens is 4. The van der Waals surface area contributed by atoms with Gasteiger partial charge < -0.3 is 14.6 Å². The van der Waals surface area contributed by atoms with Crippen LogP contribution in [0.25, 0.3) is 11.5 Å². The number of carbonyl (C=O) groups is 1. The second kappa shape index (κ2) is 5.96. The minimum absolute atomic E-state index is 0.253. The highest BCUT2D eigenvalue weighted by atomic mass is 16.5. The van der Waals surface area contributed by atoms with Gasteiger partial charge in [0.2, 0.25) is 0 Å². The van der Waals surface area contributed by atoms with Crippen molar-refractivity contribution in [2.24, 2.45) is 14.1 Å². The van der Waals surface area contributed by atoms with Crippen LogP contribution in [-0.4, -0.2) is 32.3 Å². The Morgan fingerprint density at radius 2 is 2.04 bits per heavy atom. The van der Waals surface area contributed by atoms with Gasteiger partial charge in [0.05, 0.1) is 12.7 Å². The number of rotatable bonds is 4. The number of benzene rings is 1. The summed E-state index contributed by atoms with van der Waals surface area (Å²) >= 11 is 0. The first kappa shape index (κ1) is 14.8. The molecule has 2 aromatic heterocycles. The number of para-hydroxylation sites is 1. The molecule has 0 saturated carbocycles. The fourth-order valence-electron chi connectivity index (χ4n) is 2.32. The molecule has 0 unspecified atom stereocenters. The zero-order chi connectivity index (χ0) is 16.4. The number of imidazole rings is 1. The van der Waals surface area contributed by atoms with E-state index < -0.39 is 0 Å².